The van der Waals surface area contributed by atoms with Crippen molar-refractivity contribution in [2.75, 3.05) is 6.54 Å². The van der Waals surface area contributed by atoms with Crippen molar-refractivity contribution in [2.45, 2.75) is 20.0 Å². The molecule has 3 heteroatoms. The fourth-order valence-corrected chi connectivity index (χ4v) is 1.61. The number of aryl methyl sites for hydroxylation is 1. The van der Waals surface area contributed by atoms with Gasteiger partial charge in [-0.2, -0.15) is 5.10 Å². The molecule has 1 aromatic heterocycles. The maximum absolute atomic E-state index is 4.33. The van der Waals surface area contributed by atoms with Crippen LogP contribution in [0.5, 0.6) is 0 Å². The van der Waals surface area contributed by atoms with Crippen LogP contribution in [0.3, 0.4) is 0 Å². The lowest BCUT2D eigenvalue weighted by atomic mass is 10.2. The van der Waals surface area contributed by atoms with Gasteiger partial charge in [-0.05, 0) is 18.6 Å². The number of hydrogen-bond donors (Lipinski definition) is 1. The molecule has 0 aliphatic carbocycles. The van der Waals surface area contributed by atoms with E-state index >= 15 is 0 Å². The highest BCUT2D eigenvalue weighted by Crippen LogP contribution is 1.97. The maximum Gasteiger partial charge on any atom is 0.0593 e. The largest absolute Gasteiger partial charge is 0.311 e. The first-order valence-corrected chi connectivity index (χ1v) is 5.59. The Morgan fingerprint density at radius 1 is 1.19 bits per heavy atom. The van der Waals surface area contributed by atoms with Crippen LogP contribution in [-0.2, 0) is 13.1 Å². The third-order valence-electron chi connectivity index (χ3n) is 2.46. The van der Waals surface area contributed by atoms with Crippen LogP contribution in [0.2, 0.25) is 0 Å². The number of rotatable bonds is 5. The van der Waals surface area contributed by atoms with E-state index in [1.54, 1.807) is 0 Å². The summed E-state index contributed by atoms with van der Waals surface area (Å²) in [5.41, 5.74) is 2.39. The molecule has 0 saturated heterocycles. The predicted molar refractivity (Wildman–Crippen MR) is 65.1 cm³/mol. The molecular formula is C13H17N3. The molecule has 16 heavy (non-hydrogen) atoms. The summed E-state index contributed by atoms with van der Waals surface area (Å²) in [6, 6.07) is 12.4. The van der Waals surface area contributed by atoms with Crippen LogP contribution in [0.25, 0.3) is 0 Å². The molecule has 0 fully saturated rings. The molecule has 0 bridgehead atoms. The average molecular weight is 215 g/mol. The van der Waals surface area contributed by atoms with E-state index in [2.05, 4.69) is 34.7 Å². The predicted octanol–water partition coefficient (Wildman–Crippen LogP) is 1.98. The van der Waals surface area contributed by atoms with Gasteiger partial charge in [0.15, 0.2) is 0 Å². The zero-order chi connectivity index (χ0) is 11.2. The summed E-state index contributed by atoms with van der Waals surface area (Å²) in [7, 11) is 0. The van der Waals surface area contributed by atoms with Gasteiger partial charge in [-0.25, -0.2) is 0 Å². The number of benzene rings is 1. The number of nitrogens with zero attached hydrogens (tertiary/aromatic N) is 2. The molecule has 3 nitrogen and oxygen atoms in total. The van der Waals surface area contributed by atoms with E-state index in [4.69, 9.17) is 0 Å². The highest BCUT2D eigenvalue weighted by Gasteiger charge is 1.94. The molecule has 0 aliphatic heterocycles. The van der Waals surface area contributed by atoms with Crippen LogP contribution in [0.15, 0.2) is 42.6 Å². The Bertz CT molecular complexity index is 420. The molecule has 84 valence electrons. The lowest BCUT2D eigenvalue weighted by molar-refractivity contribution is 0.552. The summed E-state index contributed by atoms with van der Waals surface area (Å²) in [6.07, 6.45) is 2.01. The van der Waals surface area contributed by atoms with Gasteiger partial charge in [-0.1, -0.05) is 30.3 Å². The Hall–Kier alpha value is -1.61. The molecule has 0 aliphatic rings. The third-order valence-corrected chi connectivity index (χ3v) is 2.46. The first kappa shape index (κ1) is 10.9. The Labute approximate surface area is 96.1 Å². The number of hydrogen-bond acceptors (Lipinski definition) is 2. The summed E-state index contributed by atoms with van der Waals surface area (Å²) < 4.78 is 1.97. The highest BCUT2D eigenvalue weighted by atomic mass is 15.3. The second-order valence-corrected chi connectivity index (χ2v) is 3.88. The summed E-state index contributed by atoms with van der Waals surface area (Å²) in [4.78, 5) is 0. The summed E-state index contributed by atoms with van der Waals surface area (Å²) in [6.45, 7) is 4.78. The molecule has 2 aromatic rings. The first-order chi connectivity index (χ1) is 7.84. The number of aromatic nitrogens is 2. The van der Waals surface area contributed by atoms with Crippen LogP contribution in [-0.4, -0.2) is 16.3 Å². The number of nitrogens with one attached hydrogen (secondary N) is 1. The normalized spacial score (nSPS) is 10.6. The summed E-state index contributed by atoms with van der Waals surface area (Å²) in [5.74, 6) is 0. The minimum absolute atomic E-state index is 0.917. The van der Waals surface area contributed by atoms with Gasteiger partial charge in [0.2, 0.25) is 0 Å². The Morgan fingerprint density at radius 3 is 2.69 bits per heavy atom. The van der Waals surface area contributed by atoms with Gasteiger partial charge in [-0.15, -0.1) is 0 Å². The van der Waals surface area contributed by atoms with E-state index in [-0.39, 0.29) is 0 Å². The lowest BCUT2D eigenvalue weighted by Crippen LogP contribution is -2.19. The molecule has 0 unspecified atom stereocenters. The third kappa shape index (κ3) is 3.21. The smallest absolute Gasteiger partial charge is 0.0593 e. The van der Waals surface area contributed by atoms with Gasteiger partial charge in [0.05, 0.1) is 12.2 Å². The average Bonchev–Trinajstić information content (AvgIpc) is 2.72. The second kappa shape index (κ2) is 5.47. The molecule has 1 aromatic carbocycles. The fourth-order valence-electron chi connectivity index (χ4n) is 1.61. The van der Waals surface area contributed by atoms with Gasteiger partial charge in [0.1, 0.15) is 0 Å². The minimum Gasteiger partial charge on any atom is -0.311 e. The van der Waals surface area contributed by atoms with E-state index in [0.717, 1.165) is 25.3 Å². The van der Waals surface area contributed by atoms with Gasteiger partial charge >= 0.3 is 0 Å². The Kier molecular flexibility index (Phi) is 3.72. The molecule has 1 heterocycles. The van der Waals surface area contributed by atoms with E-state index in [9.17, 15) is 0 Å². The van der Waals surface area contributed by atoms with Crippen molar-refractivity contribution in [3.63, 3.8) is 0 Å². The van der Waals surface area contributed by atoms with Crippen LogP contribution in [0, 0.1) is 6.92 Å². The topological polar surface area (TPSA) is 29.9 Å². The molecule has 0 saturated carbocycles. The van der Waals surface area contributed by atoms with Crippen molar-refractivity contribution in [2.24, 2.45) is 0 Å². The monoisotopic (exact) mass is 215 g/mol. The molecule has 0 spiro atoms. The molecule has 0 amide bonds. The van der Waals surface area contributed by atoms with Crippen molar-refractivity contribution < 1.29 is 0 Å². The molecule has 0 atom stereocenters. The van der Waals surface area contributed by atoms with Crippen molar-refractivity contribution >= 4 is 0 Å². The standard InChI is InChI=1S/C13H17N3/c1-12-7-9-16(15-12)10-8-14-11-13-5-3-2-4-6-13/h2-7,9,14H,8,10-11H2,1H3. The highest BCUT2D eigenvalue weighted by molar-refractivity contribution is 5.14. The Balaban J connectivity index is 1.69. The van der Waals surface area contributed by atoms with Crippen molar-refractivity contribution in [3.05, 3.63) is 53.9 Å². The molecule has 1 N–H and O–H groups in total. The molecule has 2 rings (SSSR count). The lowest BCUT2D eigenvalue weighted by Gasteiger charge is -2.04. The van der Waals surface area contributed by atoms with E-state index < -0.39 is 0 Å². The second-order valence-electron chi connectivity index (χ2n) is 3.88. The van der Waals surface area contributed by atoms with Gasteiger partial charge < -0.3 is 5.32 Å². The summed E-state index contributed by atoms with van der Waals surface area (Å²) in [5, 5.41) is 7.73. The van der Waals surface area contributed by atoms with Gasteiger partial charge in [0, 0.05) is 19.3 Å². The van der Waals surface area contributed by atoms with Gasteiger partial charge in [-0.3, -0.25) is 4.68 Å². The van der Waals surface area contributed by atoms with E-state index in [1.807, 2.05) is 29.9 Å². The van der Waals surface area contributed by atoms with Crippen molar-refractivity contribution in [1.29, 1.82) is 0 Å². The zero-order valence-corrected chi connectivity index (χ0v) is 9.56. The van der Waals surface area contributed by atoms with E-state index in [0.29, 0.717) is 0 Å². The Morgan fingerprint density at radius 2 is 2.00 bits per heavy atom. The quantitative estimate of drug-likeness (QED) is 0.773. The zero-order valence-electron chi connectivity index (χ0n) is 9.56. The van der Waals surface area contributed by atoms with Crippen LogP contribution >= 0.6 is 0 Å². The van der Waals surface area contributed by atoms with Crippen molar-refractivity contribution in [3.8, 4) is 0 Å². The van der Waals surface area contributed by atoms with Crippen LogP contribution < -0.4 is 5.32 Å². The minimum atomic E-state index is 0.917. The fraction of sp³-hybridized carbons (Fsp3) is 0.308. The summed E-state index contributed by atoms with van der Waals surface area (Å²) >= 11 is 0. The molecule has 0 radical (unpaired) electrons. The molecular weight excluding hydrogens is 198 g/mol. The SMILES string of the molecule is Cc1ccn(CCNCc2ccccc2)n1. The van der Waals surface area contributed by atoms with Gasteiger partial charge in [0.25, 0.3) is 0 Å². The van der Waals surface area contributed by atoms with Crippen LogP contribution in [0.4, 0.5) is 0 Å². The van der Waals surface area contributed by atoms with E-state index in [1.165, 1.54) is 5.56 Å². The van der Waals surface area contributed by atoms with Crippen LogP contribution in [0.1, 0.15) is 11.3 Å². The first-order valence-electron chi connectivity index (χ1n) is 5.59. The maximum atomic E-state index is 4.33. The van der Waals surface area contributed by atoms with Crippen molar-refractivity contribution in [1.82, 2.24) is 15.1 Å².